The standard InChI is InChI=1S/C15H26N2O2S2/c1-15(2,3)12-5-8-17(9-6-12)21(18,19)14-7-10-20-13(14)11-16-4/h7,10,12,16H,5-6,8-9,11H2,1-4H3. The smallest absolute Gasteiger partial charge is 0.244 e. The number of thiophene rings is 1. The summed E-state index contributed by atoms with van der Waals surface area (Å²) in [5.41, 5.74) is 0.259. The van der Waals surface area contributed by atoms with E-state index in [1.54, 1.807) is 10.4 Å². The van der Waals surface area contributed by atoms with E-state index in [2.05, 4.69) is 26.1 Å². The number of nitrogens with one attached hydrogen (secondary N) is 1. The Kier molecular flexibility index (Phi) is 5.13. The fourth-order valence-corrected chi connectivity index (χ4v) is 5.85. The van der Waals surface area contributed by atoms with Crippen LogP contribution in [0.4, 0.5) is 0 Å². The molecule has 6 heteroatoms. The topological polar surface area (TPSA) is 49.4 Å². The molecule has 0 aliphatic carbocycles. The molecule has 0 spiro atoms. The van der Waals surface area contributed by atoms with E-state index in [1.165, 1.54) is 11.3 Å². The van der Waals surface area contributed by atoms with Crippen molar-refractivity contribution in [2.24, 2.45) is 11.3 Å². The fraction of sp³-hybridized carbons (Fsp3) is 0.733. The van der Waals surface area contributed by atoms with Crippen LogP contribution in [0.5, 0.6) is 0 Å². The van der Waals surface area contributed by atoms with Gasteiger partial charge in [-0.2, -0.15) is 4.31 Å². The lowest BCUT2D eigenvalue weighted by Gasteiger charge is -2.38. The molecule has 2 rings (SSSR count). The van der Waals surface area contributed by atoms with Crippen molar-refractivity contribution in [2.45, 2.75) is 45.1 Å². The van der Waals surface area contributed by atoms with Gasteiger partial charge in [0.25, 0.3) is 0 Å². The monoisotopic (exact) mass is 330 g/mol. The second-order valence-corrected chi connectivity index (χ2v) is 9.69. The lowest BCUT2D eigenvalue weighted by molar-refractivity contribution is 0.154. The van der Waals surface area contributed by atoms with Gasteiger partial charge in [-0.25, -0.2) is 8.42 Å². The van der Waals surface area contributed by atoms with Gasteiger partial charge < -0.3 is 5.32 Å². The molecule has 0 unspecified atom stereocenters. The predicted octanol–water partition coefficient (Wildman–Crippen LogP) is 2.91. The van der Waals surface area contributed by atoms with Crippen molar-refractivity contribution in [1.82, 2.24) is 9.62 Å². The molecule has 0 radical (unpaired) electrons. The van der Waals surface area contributed by atoms with Crippen molar-refractivity contribution in [1.29, 1.82) is 0 Å². The van der Waals surface area contributed by atoms with Gasteiger partial charge in [0.05, 0.1) is 4.90 Å². The van der Waals surface area contributed by atoms with E-state index in [1.807, 2.05) is 12.4 Å². The van der Waals surface area contributed by atoms with Gasteiger partial charge in [-0.1, -0.05) is 20.8 Å². The van der Waals surface area contributed by atoms with E-state index in [4.69, 9.17) is 0 Å². The molecular weight excluding hydrogens is 304 g/mol. The van der Waals surface area contributed by atoms with Crippen molar-refractivity contribution in [2.75, 3.05) is 20.1 Å². The molecule has 0 amide bonds. The Bertz CT molecular complexity index is 565. The first-order chi connectivity index (χ1) is 9.76. The van der Waals surface area contributed by atoms with Crippen LogP contribution in [-0.4, -0.2) is 32.9 Å². The zero-order chi connectivity index (χ0) is 15.7. The minimum absolute atomic E-state index is 0.259. The molecule has 1 aliphatic rings. The highest BCUT2D eigenvalue weighted by molar-refractivity contribution is 7.89. The van der Waals surface area contributed by atoms with Gasteiger partial charge >= 0.3 is 0 Å². The summed E-state index contributed by atoms with van der Waals surface area (Å²) in [4.78, 5) is 1.38. The Morgan fingerprint density at radius 3 is 2.48 bits per heavy atom. The van der Waals surface area contributed by atoms with Gasteiger partial charge in [0.2, 0.25) is 10.0 Å². The molecule has 2 heterocycles. The molecular formula is C15H26N2O2S2. The second kappa shape index (κ2) is 6.36. The number of rotatable bonds is 4. The molecule has 1 aromatic heterocycles. The molecule has 1 saturated heterocycles. The summed E-state index contributed by atoms with van der Waals surface area (Å²) in [6.45, 7) is 8.60. The van der Waals surface area contributed by atoms with Crippen molar-refractivity contribution < 1.29 is 8.42 Å². The van der Waals surface area contributed by atoms with E-state index >= 15 is 0 Å². The zero-order valence-corrected chi connectivity index (χ0v) is 15.0. The van der Waals surface area contributed by atoms with E-state index in [9.17, 15) is 8.42 Å². The molecule has 1 aliphatic heterocycles. The van der Waals surface area contributed by atoms with E-state index in [-0.39, 0.29) is 5.41 Å². The lowest BCUT2D eigenvalue weighted by Crippen LogP contribution is -2.41. The summed E-state index contributed by atoms with van der Waals surface area (Å²) in [6.07, 6.45) is 1.91. The quantitative estimate of drug-likeness (QED) is 0.923. The maximum atomic E-state index is 12.8. The molecule has 0 aromatic carbocycles. The number of hydrogen-bond acceptors (Lipinski definition) is 4. The third-order valence-corrected chi connectivity index (χ3v) is 7.37. The van der Waals surface area contributed by atoms with Gasteiger partial charge in [0, 0.05) is 24.5 Å². The van der Waals surface area contributed by atoms with Crippen LogP contribution in [0.15, 0.2) is 16.3 Å². The minimum atomic E-state index is -3.34. The Morgan fingerprint density at radius 1 is 1.33 bits per heavy atom. The van der Waals surface area contributed by atoms with Gasteiger partial charge in [0.1, 0.15) is 0 Å². The first-order valence-electron chi connectivity index (χ1n) is 7.48. The van der Waals surface area contributed by atoms with Gasteiger partial charge in [-0.3, -0.25) is 0 Å². The summed E-state index contributed by atoms with van der Waals surface area (Å²) in [7, 11) is -1.50. The third kappa shape index (κ3) is 3.67. The molecule has 120 valence electrons. The highest BCUT2D eigenvalue weighted by atomic mass is 32.2. The summed E-state index contributed by atoms with van der Waals surface area (Å²) < 4.78 is 27.3. The summed E-state index contributed by atoms with van der Waals surface area (Å²) in [6, 6.07) is 1.74. The van der Waals surface area contributed by atoms with Gasteiger partial charge in [-0.15, -0.1) is 11.3 Å². The van der Waals surface area contributed by atoms with Gasteiger partial charge in [-0.05, 0) is 42.7 Å². The van der Waals surface area contributed by atoms with E-state index in [0.717, 1.165) is 17.7 Å². The van der Waals surface area contributed by atoms with Crippen LogP contribution in [0.2, 0.25) is 0 Å². The lowest BCUT2D eigenvalue weighted by atomic mass is 9.76. The van der Waals surface area contributed by atoms with Crippen molar-refractivity contribution >= 4 is 21.4 Å². The molecule has 0 saturated carbocycles. The van der Waals surface area contributed by atoms with Crippen LogP contribution in [0.25, 0.3) is 0 Å². The highest BCUT2D eigenvalue weighted by Crippen LogP contribution is 2.36. The van der Waals surface area contributed by atoms with Crippen LogP contribution in [0.3, 0.4) is 0 Å². The van der Waals surface area contributed by atoms with E-state index < -0.39 is 10.0 Å². The maximum Gasteiger partial charge on any atom is 0.244 e. The van der Waals surface area contributed by atoms with Crippen LogP contribution in [0, 0.1) is 11.3 Å². The molecule has 0 atom stereocenters. The summed E-state index contributed by atoms with van der Waals surface area (Å²) in [5, 5.41) is 4.90. The average molecular weight is 331 g/mol. The molecule has 1 aromatic rings. The fourth-order valence-electron chi connectivity index (χ4n) is 2.95. The summed E-state index contributed by atoms with van der Waals surface area (Å²) in [5.74, 6) is 0.600. The average Bonchev–Trinajstić information content (AvgIpc) is 2.87. The minimum Gasteiger partial charge on any atom is -0.315 e. The Morgan fingerprint density at radius 2 is 1.95 bits per heavy atom. The van der Waals surface area contributed by atoms with Crippen LogP contribution >= 0.6 is 11.3 Å². The molecule has 0 bridgehead atoms. The van der Waals surface area contributed by atoms with E-state index in [0.29, 0.717) is 30.4 Å². The normalized spacial score (nSPS) is 19.0. The molecule has 4 nitrogen and oxygen atoms in total. The first-order valence-corrected chi connectivity index (χ1v) is 9.80. The SMILES string of the molecule is CNCc1sccc1S(=O)(=O)N1CCC(C(C)(C)C)CC1. The first kappa shape index (κ1) is 16.9. The predicted molar refractivity (Wildman–Crippen MR) is 88.0 cm³/mol. The van der Waals surface area contributed by atoms with Crippen molar-refractivity contribution in [3.8, 4) is 0 Å². The Balaban J connectivity index is 2.13. The van der Waals surface area contributed by atoms with Crippen LogP contribution < -0.4 is 5.32 Å². The van der Waals surface area contributed by atoms with Crippen LogP contribution in [0.1, 0.15) is 38.5 Å². The molecule has 21 heavy (non-hydrogen) atoms. The number of nitrogens with zero attached hydrogens (tertiary/aromatic N) is 1. The number of piperidine rings is 1. The second-order valence-electron chi connectivity index (χ2n) is 6.78. The number of hydrogen-bond donors (Lipinski definition) is 1. The summed E-state index contributed by atoms with van der Waals surface area (Å²) >= 11 is 1.50. The Labute approximate surface area is 132 Å². The van der Waals surface area contributed by atoms with Crippen molar-refractivity contribution in [3.63, 3.8) is 0 Å². The van der Waals surface area contributed by atoms with Crippen molar-refractivity contribution in [3.05, 3.63) is 16.3 Å². The van der Waals surface area contributed by atoms with Crippen LogP contribution in [-0.2, 0) is 16.6 Å². The zero-order valence-electron chi connectivity index (χ0n) is 13.3. The Hall–Kier alpha value is -0.430. The molecule has 1 N–H and O–H groups in total. The molecule has 1 fully saturated rings. The number of sulfonamides is 1. The third-order valence-electron chi connectivity index (χ3n) is 4.34. The van der Waals surface area contributed by atoms with Gasteiger partial charge in [0.15, 0.2) is 0 Å². The maximum absolute atomic E-state index is 12.8. The largest absolute Gasteiger partial charge is 0.315 e. The highest BCUT2D eigenvalue weighted by Gasteiger charge is 2.34.